The molecule has 0 atom stereocenters. The van der Waals surface area contributed by atoms with Crippen molar-refractivity contribution < 1.29 is 0 Å². The average Bonchev–Trinajstić information content (AvgIpc) is 2.51. The van der Waals surface area contributed by atoms with Crippen molar-refractivity contribution in [3.05, 3.63) is 50.9 Å². The van der Waals surface area contributed by atoms with E-state index in [1.807, 2.05) is 24.4 Å². The lowest BCUT2D eigenvalue weighted by Crippen LogP contribution is -1.85. The second-order valence-corrected chi connectivity index (χ2v) is 4.93. The van der Waals surface area contributed by atoms with Crippen LogP contribution in [0.4, 0.5) is 0 Å². The van der Waals surface area contributed by atoms with Gasteiger partial charge in [-0.15, -0.1) is 11.3 Å². The minimum absolute atomic E-state index is 0.788. The van der Waals surface area contributed by atoms with Gasteiger partial charge in [-0.05, 0) is 24.6 Å². The van der Waals surface area contributed by atoms with Crippen molar-refractivity contribution in [1.82, 2.24) is 4.98 Å². The Kier molecular flexibility index (Phi) is 2.85. The second kappa shape index (κ2) is 4.11. The number of halogens is 1. The van der Waals surface area contributed by atoms with Crippen molar-refractivity contribution >= 4 is 22.9 Å². The molecule has 14 heavy (non-hydrogen) atoms. The molecule has 0 spiro atoms. The van der Waals surface area contributed by atoms with E-state index in [0.717, 1.165) is 16.5 Å². The van der Waals surface area contributed by atoms with Gasteiger partial charge in [-0.3, -0.25) is 0 Å². The molecule has 0 aliphatic carbocycles. The van der Waals surface area contributed by atoms with Crippen molar-refractivity contribution in [2.24, 2.45) is 0 Å². The van der Waals surface area contributed by atoms with Crippen molar-refractivity contribution in [3.63, 3.8) is 0 Å². The van der Waals surface area contributed by atoms with E-state index in [9.17, 15) is 0 Å². The standard InChI is InChI=1S/C11H10ClNS/c1-8-7-13-11(14-8)6-9-3-2-4-10(12)5-9/h2-5,7H,6H2,1H3. The number of hydrogen-bond donors (Lipinski definition) is 0. The Hall–Kier alpha value is -0.860. The third-order valence-electron chi connectivity index (χ3n) is 1.91. The van der Waals surface area contributed by atoms with Crippen LogP contribution in [0.1, 0.15) is 15.4 Å². The van der Waals surface area contributed by atoms with Gasteiger partial charge in [0.05, 0.1) is 5.01 Å². The molecule has 0 saturated heterocycles. The summed E-state index contributed by atoms with van der Waals surface area (Å²) in [6, 6.07) is 7.91. The van der Waals surface area contributed by atoms with E-state index in [0.29, 0.717) is 0 Å². The zero-order chi connectivity index (χ0) is 9.97. The monoisotopic (exact) mass is 223 g/mol. The van der Waals surface area contributed by atoms with Gasteiger partial charge in [-0.2, -0.15) is 0 Å². The van der Waals surface area contributed by atoms with Gasteiger partial charge in [0.1, 0.15) is 0 Å². The van der Waals surface area contributed by atoms with Crippen LogP contribution in [0, 0.1) is 6.92 Å². The minimum Gasteiger partial charge on any atom is -0.249 e. The third kappa shape index (κ3) is 2.34. The molecule has 0 aliphatic rings. The van der Waals surface area contributed by atoms with Crippen LogP contribution < -0.4 is 0 Å². The first kappa shape index (κ1) is 9.69. The molecule has 3 heteroatoms. The lowest BCUT2D eigenvalue weighted by molar-refractivity contribution is 1.14. The Morgan fingerprint density at radius 2 is 2.29 bits per heavy atom. The summed E-state index contributed by atoms with van der Waals surface area (Å²) in [4.78, 5) is 5.57. The number of thiazole rings is 1. The smallest absolute Gasteiger partial charge is 0.0971 e. The van der Waals surface area contributed by atoms with E-state index < -0.39 is 0 Å². The first-order chi connectivity index (χ1) is 6.74. The van der Waals surface area contributed by atoms with Gasteiger partial charge in [-0.1, -0.05) is 23.7 Å². The van der Waals surface area contributed by atoms with Gasteiger partial charge in [0, 0.05) is 22.5 Å². The molecular weight excluding hydrogens is 214 g/mol. The summed E-state index contributed by atoms with van der Waals surface area (Å²) < 4.78 is 0. The molecule has 2 rings (SSSR count). The van der Waals surface area contributed by atoms with Crippen LogP contribution in [-0.4, -0.2) is 4.98 Å². The Bertz CT molecular complexity index is 436. The van der Waals surface area contributed by atoms with E-state index in [1.165, 1.54) is 10.4 Å². The maximum absolute atomic E-state index is 5.90. The van der Waals surface area contributed by atoms with E-state index in [-0.39, 0.29) is 0 Å². The number of hydrogen-bond acceptors (Lipinski definition) is 2. The molecule has 2 aromatic rings. The van der Waals surface area contributed by atoms with Crippen LogP contribution in [0.25, 0.3) is 0 Å². The summed E-state index contributed by atoms with van der Waals surface area (Å²) in [5.41, 5.74) is 1.21. The number of aromatic nitrogens is 1. The largest absolute Gasteiger partial charge is 0.249 e. The molecule has 0 N–H and O–H groups in total. The molecule has 0 unspecified atom stereocenters. The van der Waals surface area contributed by atoms with Gasteiger partial charge in [-0.25, -0.2) is 4.98 Å². The maximum Gasteiger partial charge on any atom is 0.0971 e. The van der Waals surface area contributed by atoms with E-state index in [1.54, 1.807) is 11.3 Å². The SMILES string of the molecule is Cc1cnc(Cc2cccc(Cl)c2)s1. The summed E-state index contributed by atoms with van der Waals surface area (Å²) in [5, 5.41) is 1.93. The van der Waals surface area contributed by atoms with Crippen LogP contribution in [0.2, 0.25) is 5.02 Å². The van der Waals surface area contributed by atoms with Crippen LogP contribution in [0.15, 0.2) is 30.5 Å². The quantitative estimate of drug-likeness (QED) is 0.757. The molecule has 1 heterocycles. The highest BCUT2D eigenvalue weighted by Gasteiger charge is 2.00. The van der Waals surface area contributed by atoms with Gasteiger partial charge in [0.25, 0.3) is 0 Å². The van der Waals surface area contributed by atoms with E-state index >= 15 is 0 Å². The molecule has 0 amide bonds. The summed E-state index contributed by atoms with van der Waals surface area (Å²) in [6.45, 7) is 2.07. The number of benzene rings is 1. The third-order valence-corrected chi connectivity index (χ3v) is 3.06. The Morgan fingerprint density at radius 3 is 2.93 bits per heavy atom. The minimum atomic E-state index is 0.788. The van der Waals surface area contributed by atoms with Gasteiger partial charge >= 0.3 is 0 Å². The van der Waals surface area contributed by atoms with Crippen molar-refractivity contribution in [2.75, 3.05) is 0 Å². The van der Waals surface area contributed by atoms with Crippen molar-refractivity contribution in [2.45, 2.75) is 13.3 Å². The van der Waals surface area contributed by atoms with Gasteiger partial charge < -0.3 is 0 Å². The predicted molar refractivity (Wildman–Crippen MR) is 61.1 cm³/mol. The van der Waals surface area contributed by atoms with Crippen LogP contribution in [0.5, 0.6) is 0 Å². The molecule has 1 aromatic heterocycles. The van der Waals surface area contributed by atoms with Crippen LogP contribution in [-0.2, 0) is 6.42 Å². The van der Waals surface area contributed by atoms with Crippen LogP contribution >= 0.6 is 22.9 Å². The number of aryl methyl sites for hydroxylation is 1. The summed E-state index contributed by atoms with van der Waals surface area (Å²) in [5.74, 6) is 0. The molecule has 0 fully saturated rings. The lowest BCUT2D eigenvalue weighted by Gasteiger charge is -1.97. The molecule has 72 valence electrons. The average molecular weight is 224 g/mol. The molecule has 1 aromatic carbocycles. The fourth-order valence-corrected chi connectivity index (χ4v) is 2.34. The normalized spacial score (nSPS) is 10.4. The summed E-state index contributed by atoms with van der Waals surface area (Å²) >= 11 is 7.63. The molecule has 0 aliphatic heterocycles. The fraction of sp³-hybridized carbons (Fsp3) is 0.182. The summed E-state index contributed by atoms with van der Waals surface area (Å²) in [6.07, 6.45) is 2.78. The highest BCUT2D eigenvalue weighted by atomic mass is 35.5. The molecule has 1 nitrogen and oxygen atoms in total. The zero-order valence-corrected chi connectivity index (χ0v) is 9.40. The molecule has 0 saturated carbocycles. The van der Waals surface area contributed by atoms with Gasteiger partial charge in [0.15, 0.2) is 0 Å². The first-order valence-electron chi connectivity index (χ1n) is 4.40. The van der Waals surface area contributed by atoms with Crippen LogP contribution in [0.3, 0.4) is 0 Å². The Balaban J connectivity index is 2.18. The van der Waals surface area contributed by atoms with E-state index in [4.69, 9.17) is 11.6 Å². The van der Waals surface area contributed by atoms with Crippen molar-refractivity contribution in [1.29, 1.82) is 0 Å². The molecular formula is C11H10ClNS. The number of rotatable bonds is 2. The zero-order valence-electron chi connectivity index (χ0n) is 7.83. The highest BCUT2D eigenvalue weighted by Crippen LogP contribution is 2.18. The summed E-state index contributed by atoms with van der Waals surface area (Å²) in [7, 11) is 0. The number of nitrogens with zero attached hydrogens (tertiary/aromatic N) is 1. The second-order valence-electron chi connectivity index (χ2n) is 3.17. The van der Waals surface area contributed by atoms with Crippen molar-refractivity contribution in [3.8, 4) is 0 Å². The first-order valence-corrected chi connectivity index (χ1v) is 5.59. The topological polar surface area (TPSA) is 12.9 Å². The highest BCUT2D eigenvalue weighted by molar-refractivity contribution is 7.11. The van der Waals surface area contributed by atoms with E-state index in [2.05, 4.69) is 18.0 Å². The molecule has 0 bridgehead atoms. The fourth-order valence-electron chi connectivity index (χ4n) is 1.30. The Morgan fingerprint density at radius 1 is 1.43 bits per heavy atom. The predicted octanol–water partition coefficient (Wildman–Crippen LogP) is 3.70. The molecule has 0 radical (unpaired) electrons. The maximum atomic E-state index is 5.90. The van der Waals surface area contributed by atoms with Gasteiger partial charge in [0.2, 0.25) is 0 Å². The lowest BCUT2D eigenvalue weighted by atomic mass is 10.2. The Labute approximate surface area is 92.4 Å².